The predicted octanol–water partition coefficient (Wildman–Crippen LogP) is 4.70. The lowest BCUT2D eigenvalue weighted by atomic mass is 10.4. The normalized spacial score (nSPS) is 12.7. The molecule has 0 saturated heterocycles. The van der Waals surface area contributed by atoms with E-state index in [1.54, 1.807) is 36.4 Å². The standard InChI is InChI=1S/C18H16O4S2/c19-24(20,21)22-23(16-10-4-1-5-11-16,17-12-6-2-7-13-17)18-14-8-3-9-15-18/h1-15H,(H,19,20,21). The number of rotatable bonds is 5. The molecule has 0 radical (unpaired) electrons. The van der Waals surface area contributed by atoms with Crippen LogP contribution in [0.1, 0.15) is 0 Å². The average Bonchev–Trinajstić information content (AvgIpc) is 2.61. The summed E-state index contributed by atoms with van der Waals surface area (Å²) < 4.78 is 38.3. The van der Waals surface area contributed by atoms with Crippen molar-refractivity contribution in [3.63, 3.8) is 0 Å². The Balaban J connectivity index is 2.37. The first-order valence-electron chi connectivity index (χ1n) is 7.19. The molecular weight excluding hydrogens is 344 g/mol. The summed E-state index contributed by atoms with van der Waals surface area (Å²) in [5.41, 5.74) is 0. The molecule has 124 valence electrons. The van der Waals surface area contributed by atoms with E-state index in [2.05, 4.69) is 0 Å². The summed E-state index contributed by atoms with van der Waals surface area (Å²) in [6.07, 6.45) is 0. The van der Waals surface area contributed by atoms with Crippen molar-refractivity contribution in [2.24, 2.45) is 0 Å². The van der Waals surface area contributed by atoms with Gasteiger partial charge in [0.1, 0.15) is 0 Å². The van der Waals surface area contributed by atoms with Gasteiger partial charge >= 0.3 is 10.4 Å². The molecule has 0 amide bonds. The zero-order valence-corrected chi connectivity index (χ0v) is 14.3. The molecule has 0 aliphatic heterocycles. The van der Waals surface area contributed by atoms with E-state index in [1.165, 1.54) is 0 Å². The minimum atomic E-state index is -4.69. The highest BCUT2D eigenvalue weighted by Gasteiger charge is 2.36. The van der Waals surface area contributed by atoms with Crippen LogP contribution < -0.4 is 0 Å². The Morgan fingerprint density at radius 3 is 1.12 bits per heavy atom. The van der Waals surface area contributed by atoms with Crippen LogP contribution in [0.5, 0.6) is 0 Å². The third-order valence-electron chi connectivity index (χ3n) is 3.41. The Morgan fingerprint density at radius 2 is 0.875 bits per heavy atom. The van der Waals surface area contributed by atoms with E-state index in [4.69, 9.17) is 3.63 Å². The SMILES string of the molecule is O=S(=O)(O)OS(c1ccccc1)(c1ccccc1)c1ccccc1. The van der Waals surface area contributed by atoms with Crippen LogP contribution in [0.2, 0.25) is 0 Å². The largest absolute Gasteiger partial charge is 0.407 e. The van der Waals surface area contributed by atoms with Gasteiger partial charge in [0.2, 0.25) is 0 Å². The third-order valence-corrected chi connectivity index (χ3v) is 7.73. The number of benzene rings is 3. The molecule has 0 spiro atoms. The molecule has 3 rings (SSSR count). The topological polar surface area (TPSA) is 63.6 Å². The molecule has 0 aliphatic rings. The van der Waals surface area contributed by atoms with Gasteiger partial charge in [-0.2, -0.15) is 12.0 Å². The summed E-state index contributed by atoms with van der Waals surface area (Å²) in [5.74, 6) is 0. The average molecular weight is 360 g/mol. The second kappa shape index (κ2) is 6.78. The van der Waals surface area contributed by atoms with Crippen LogP contribution in [0.3, 0.4) is 0 Å². The summed E-state index contributed by atoms with van der Waals surface area (Å²) in [6, 6.07) is 27.3. The molecule has 4 nitrogen and oxygen atoms in total. The summed E-state index contributed by atoms with van der Waals surface area (Å²) in [5, 5.41) is 0. The van der Waals surface area contributed by atoms with Crippen molar-refractivity contribution in [2.45, 2.75) is 14.7 Å². The van der Waals surface area contributed by atoms with Gasteiger partial charge < -0.3 is 0 Å². The molecular formula is C18H16O4S2. The van der Waals surface area contributed by atoms with E-state index >= 15 is 0 Å². The molecule has 0 unspecified atom stereocenters. The van der Waals surface area contributed by atoms with Gasteiger partial charge in [-0.25, -0.2) is 0 Å². The smallest absolute Gasteiger partial charge is 0.263 e. The summed E-state index contributed by atoms with van der Waals surface area (Å²) in [6.45, 7) is 0. The first-order chi connectivity index (χ1) is 11.5. The molecule has 24 heavy (non-hydrogen) atoms. The van der Waals surface area contributed by atoms with Crippen LogP contribution in [0.25, 0.3) is 0 Å². The molecule has 6 heteroatoms. The molecule has 0 atom stereocenters. The Hall–Kier alpha value is -2.12. The van der Waals surface area contributed by atoms with E-state index in [-0.39, 0.29) is 0 Å². The minimum Gasteiger partial charge on any atom is -0.263 e. The first kappa shape index (κ1) is 16.7. The third kappa shape index (κ3) is 3.37. The molecule has 3 aromatic rings. The van der Waals surface area contributed by atoms with Gasteiger partial charge in [-0.3, -0.25) is 4.55 Å². The Morgan fingerprint density at radius 1 is 0.583 bits per heavy atom. The highest BCUT2D eigenvalue weighted by atomic mass is 32.3. The Labute approximate surface area is 143 Å². The van der Waals surface area contributed by atoms with Crippen LogP contribution >= 0.6 is 10.3 Å². The maximum Gasteiger partial charge on any atom is 0.407 e. The molecule has 3 aromatic carbocycles. The van der Waals surface area contributed by atoms with E-state index in [9.17, 15) is 13.0 Å². The number of hydrogen-bond donors (Lipinski definition) is 1. The van der Waals surface area contributed by atoms with Crippen molar-refractivity contribution in [2.75, 3.05) is 0 Å². The molecule has 0 fully saturated rings. The van der Waals surface area contributed by atoms with Crippen LogP contribution in [-0.2, 0) is 14.0 Å². The lowest BCUT2D eigenvalue weighted by Crippen LogP contribution is -2.13. The second-order valence-corrected chi connectivity index (χ2v) is 8.92. The summed E-state index contributed by atoms with van der Waals surface area (Å²) >= 11 is 0. The Bertz CT molecular complexity index is 799. The highest BCUT2D eigenvalue weighted by molar-refractivity contribution is 8.32. The molecule has 0 bridgehead atoms. The van der Waals surface area contributed by atoms with Gasteiger partial charge in [0, 0.05) is 14.7 Å². The van der Waals surface area contributed by atoms with Crippen molar-refractivity contribution in [1.82, 2.24) is 0 Å². The highest BCUT2D eigenvalue weighted by Crippen LogP contribution is 2.69. The van der Waals surface area contributed by atoms with Gasteiger partial charge in [0.15, 0.2) is 0 Å². The van der Waals surface area contributed by atoms with E-state index < -0.39 is 20.7 Å². The molecule has 0 aliphatic carbocycles. The van der Waals surface area contributed by atoms with Gasteiger partial charge in [-0.15, -0.1) is 0 Å². The second-order valence-electron chi connectivity index (χ2n) is 4.99. The van der Waals surface area contributed by atoms with E-state index in [1.807, 2.05) is 54.6 Å². The molecule has 0 saturated carbocycles. The monoisotopic (exact) mass is 360 g/mol. The maximum absolute atomic E-state index is 11.7. The predicted molar refractivity (Wildman–Crippen MR) is 94.3 cm³/mol. The molecule has 0 aromatic heterocycles. The lowest BCUT2D eigenvalue weighted by molar-refractivity contribution is 0.401. The minimum absolute atomic E-state index is 0.681. The van der Waals surface area contributed by atoms with Crippen LogP contribution in [-0.4, -0.2) is 13.0 Å². The van der Waals surface area contributed by atoms with Crippen LogP contribution in [0.15, 0.2) is 106 Å². The molecule has 0 heterocycles. The van der Waals surface area contributed by atoms with Crippen molar-refractivity contribution < 1.29 is 16.6 Å². The maximum atomic E-state index is 11.7. The van der Waals surface area contributed by atoms with Gasteiger partial charge in [-0.1, -0.05) is 54.6 Å². The van der Waals surface area contributed by atoms with Gasteiger partial charge in [-0.05, 0) is 46.7 Å². The molecule has 1 N–H and O–H groups in total. The van der Waals surface area contributed by atoms with E-state index in [0.29, 0.717) is 14.7 Å². The van der Waals surface area contributed by atoms with E-state index in [0.717, 1.165) is 0 Å². The van der Waals surface area contributed by atoms with Crippen molar-refractivity contribution in [1.29, 1.82) is 0 Å². The fourth-order valence-electron chi connectivity index (χ4n) is 2.49. The van der Waals surface area contributed by atoms with Crippen LogP contribution in [0.4, 0.5) is 0 Å². The van der Waals surface area contributed by atoms with Crippen LogP contribution in [0, 0.1) is 0 Å². The van der Waals surface area contributed by atoms with Crippen molar-refractivity contribution in [3.8, 4) is 0 Å². The van der Waals surface area contributed by atoms with Gasteiger partial charge in [0.05, 0.1) is 0 Å². The first-order valence-corrected chi connectivity index (χ1v) is 10.1. The summed E-state index contributed by atoms with van der Waals surface area (Å²) in [7, 11) is -7.32. The quantitative estimate of drug-likeness (QED) is 0.670. The summed E-state index contributed by atoms with van der Waals surface area (Å²) in [4.78, 5) is 2.04. The zero-order valence-electron chi connectivity index (χ0n) is 12.6. The fourth-order valence-corrected chi connectivity index (χ4v) is 6.90. The number of hydrogen-bond acceptors (Lipinski definition) is 3. The Kier molecular flexibility index (Phi) is 4.73. The van der Waals surface area contributed by atoms with Crippen molar-refractivity contribution >= 4 is 20.7 Å². The fraction of sp³-hybridized carbons (Fsp3) is 0. The van der Waals surface area contributed by atoms with Gasteiger partial charge in [0.25, 0.3) is 0 Å². The van der Waals surface area contributed by atoms with Crippen molar-refractivity contribution in [3.05, 3.63) is 91.0 Å². The zero-order chi connectivity index (χ0) is 17.0. The lowest BCUT2D eigenvalue weighted by Gasteiger charge is -2.38.